The minimum atomic E-state index is -2.86. The molecule has 0 unspecified atom stereocenters. The second-order valence-corrected chi connectivity index (χ2v) is 5.87. The number of rotatable bonds is 5. The lowest BCUT2D eigenvalue weighted by molar-refractivity contribution is 0.116. The molecule has 0 atom stereocenters. The van der Waals surface area contributed by atoms with Gasteiger partial charge in [0.1, 0.15) is 11.6 Å². The van der Waals surface area contributed by atoms with Crippen LogP contribution in [-0.2, 0) is 5.54 Å². The molecule has 1 aliphatic rings. The first-order valence-electron chi connectivity index (χ1n) is 8.64. The Morgan fingerprint density at radius 1 is 1.07 bits per heavy atom. The summed E-state index contributed by atoms with van der Waals surface area (Å²) in [7, 11) is 0. The van der Waals surface area contributed by atoms with Crippen LogP contribution in [0.2, 0.25) is 0 Å². The molecule has 1 aromatic carbocycles. The summed E-state index contributed by atoms with van der Waals surface area (Å²) in [5, 5.41) is 9.78. The molecule has 3 aromatic rings. The molecule has 0 bridgehead atoms. The Bertz CT molecular complexity index is 941. The molecule has 2 heterocycles. The van der Waals surface area contributed by atoms with Crippen LogP contribution in [0, 0.1) is 11.6 Å². The largest absolute Gasteiger partial charge is 0.415 e. The van der Waals surface area contributed by atoms with Crippen molar-refractivity contribution >= 4 is 5.95 Å². The van der Waals surface area contributed by atoms with Gasteiger partial charge < -0.3 is 9.73 Å². The monoisotopic (exact) mass is 395 g/mol. The molecular weight excluding hydrogens is 378 g/mol. The Morgan fingerprint density at radius 3 is 2.29 bits per heavy atom. The Morgan fingerprint density at radius 2 is 1.75 bits per heavy atom. The van der Waals surface area contributed by atoms with Gasteiger partial charge in [0.2, 0.25) is 5.95 Å². The minimum absolute atomic E-state index is 0.127. The fourth-order valence-corrected chi connectivity index (χ4v) is 2.62. The van der Waals surface area contributed by atoms with Crippen LogP contribution in [0.5, 0.6) is 0 Å². The number of alkyl halides is 2. The van der Waals surface area contributed by atoms with E-state index in [-0.39, 0.29) is 17.4 Å². The van der Waals surface area contributed by atoms with Gasteiger partial charge in [-0.3, -0.25) is 0 Å². The van der Waals surface area contributed by atoms with Gasteiger partial charge in [0.25, 0.3) is 11.8 Å². The number of anilines is 1. The van der Waals surface area contributed by atoms with Crippen molar-refractivity contribution in [2.24, 2.45) is 0 Å². The number of hydrogen-bond donors (Lipinski definition) is 1. The van der Waals surface area contributed by atoms with Gasteiger partial charge in [-0.15, -0.1) is 10.2 Å². The first-order chi connectivity index (χ1) is 13.5. The predicted octanol–water partition coefficient (Wildman–Crippen LogP) is 4.87. The number of nitrogens with zero attached hydrogens (tertiary/aromatic N) is 4. The van der Waals surface area contributed by atoms with Crippen LogP contribution >= 0.6 is 0 Å². The van der Waals surface area contributed by atoms with E-state index in [9.17, 15) is 17.6 Å². The molecule has 148 valence electrons. The van der Waals surface area contributed by atoms with Crippen molar-refractivity contribution in [3.63, 3.8) is 0 Å². The highest BCUT2D eigenvalue weighted by atomic mass is 19.3. The second kappa shape index (κ2) is 7.91. The second-order valence-electron chi connectivity index (χ2n) is 5.87. The molecule has 0 saturated heterocycles. The maximum absolute atomic E-state index is 14.0. The van der Waals surface area contributed by atoms with Crippen molar-refractivity contribution in [3.05, 3.63) is 53.7 Å². The van der Waals surface area contributed by atoms with Gasteiger partial charge in [-0.25, -0.2) is 18.7 Å². The van der Waals surface area contributed by atoms with Crippen LogP contribution in [0.4, 0.5) is 23.5 Å². The summed E-state index contributed by atoms with van der Waals surface area (Å²) in [6, 6.07) is 3.42. The van der Waals surface area contributed by atoms with E-state index in [0.29, 0.717) is 18.4 Å². The summed E-state index contributed by atoms with van der Waals surface area (Å²) in [5.41, 5.74) is -0.0788. The van der Waals surface area contributed by atoms with Crippen molar-refractivity contribution < 1.29 is 22.0 Å². The van der Waals surface area contributed by atoms with Gasteiger partial charge in [0.15, 0.2) is 0 Å². The van der Waals surface area contributed by atoms with Crippen LogP contribution in [0.1, 0.15) is 44.6 Å². The Labute approximate surface area is 158 Å². The molecule has 1 aliphatic carbocycles. The minimum Gasteiger partial charge on any atom is -0.415 e. The standard InChI is InChI=1S/C16H11F4N5O.C2H6/c17-9-1-2-10(11(18)5-9)16(3-4-16)23-15-21-6-8(7-22-15)13-24-25-14(26-13)12(19)20;1-2/h1-2,5-7,12H,3-4H2,(H,21,22,23);1-2H3. The summed E-state index contributed by atoms with van der Waals surface area (Å²) >= 11 is 0. The fourth-order valence-electron chi connectivity index (χ4n) is 2.62. The van der Waals surface area contributed by atoms with E-state index in [2.05, 4.69) is 25.5 Å². The average Bonchev–Trinajstić information content (AvgIpc) is 3.27. The van der Waals surface area contributed by atoms with Crippen molar-refractivity contribution in [1.29, 1.82) is 0 Å². The van der Waals surface area contributed by atoms with Crippen LogP contribution in [0.3, 0.4) is 0 Å². The van der Waals surface area contributed by atoms with E-state index < -0.39 is 29.5 Å². The number of nitrogens with one attached hydrogen (secondary N) is 1. The van der Waals surface area contributed by atoms with E-state index >= 15 is 0 Å². The summed E-state index contributed by atoms with van der Waals surface area (Å²) < 4.78 is 56.9. The number of benzene rings is 1. The third-order valence-electron chi connectivity index (χ3n) is 4.07. The highest BCUT2D eigenvalue weighted by Gasteiger charge is 2.46. The lowest BCUT2D eigenvalue weighted by atomic mass is 10.0. The quantitative estimate of drug-likeness (QED) is 0.621. The zero-order chi connectivity index (χ0) is 20.3. The van der Waals surface area contributed by atoms with Crippen molar-refractivity contribution in [2.45, 2.75) is 38.7 Å². The molecule has 10 heteroatoms. The smallest absolute Gasteiger partial charge is 0.314 e. The van der Waals surface area contributed by atoms with E-state index in [4.69, 9.17) is 4.42 Å². The zero-order valence-corrected chi connectivity index (χ0v) is 15.1. The maximum Gasteiger partial charge on any atom is 0.314 e. The maximum atomic E-state index is 14.0. The van der Waals surface area contributed by atoms with Gasteiger partial charge in [-0.2, -0.15) is 8.78 Å². The SMILES string of the molecule is CC.Fc1ccc(C2(Nc3ncc(-c4nnc(C(F)F)o4)cn3)CC2)c(F)c1. The van der Waals surface area contributed by atoms with Crippen LogP contribution in [-0.4, -0.2) is 20.2 Å². The van der Waals surface area contributed by atoms with Crippen LogP contribution < -0.4 is 5.32 Å². The highest BCUT2D eigenvalue weighted by molar-refractivity contribution is 5.51. The molecule has 1 fully saturated rings. The molecule has 1 N–H and O–H groups in total. The number of aromatic nitrogens is 4. The molecule has 28 heavy (non-hydrogen) atoms. The third kappa shape index (κ3) is 3.95. The van der Waals surface area contributed by atoms with E-state index in [0.717, 1.165) is 6.07 Å². The van der Waals surface area contributed by atoms with Gasteiger partial charge in [0, 0.05) is 24.0 Å². The van der Waals surface area contributed by atoms with Crippen LogP contribution in [0.15, 0.2) is 35.0 Å². The molecule has 0 aliphatic heterocycles. The van der Waals surface area contributed by atoms with E-state index in [1.54, 1.807) is 0 Å². The predicted molar refractivity (Wildman–Crippen MR) is 92.5 cm³/mol. The Hall–Kier alpha value is -3.04. The van der Waals surface area contributed by atoms with Gasteiger partial charge in [-0.05, 0) is 18.9 Å². The van der Waals surface area contributed by atoms with Crippen molar-refractivity contribution in [3.8, 4) is 11.5 Å². The van der Waals surface area contributed by atoms with Crippen LogP contribution in [0.25, 0.3) is 11.5 Å². The molecule has 0 amide bonds. The first kappa shape index (κ1) is 19.7. The fraction of sp³-hybridized carbons (Fsp3) is 0.333. The van der Waals surface area contributed by atoms with Crippen molar-refractivity contribution in [1.82, 2.24) is 20.2 Å². The summed E-state index contributed by atoms with van der Waals surface area (Å²) in [4.78, 5) is 8.15. The van der Waals surface area contributed by atoms with Gasteiger partial charge in [0.05, 0.1) is 11.1 Å². The zero-order valence-electron chi connectivity index (χ0n) is 15.1. The molecular formula is C18H17F4N5O. The molecule has 1 saturated carbocycles. The lowest BCUT2D eigenvalue weighted by Crippen LogP contribution is -2.21. The molecule has 2 aromatic heterocycles. The van der Waals surface area contributed by atoms with Gasteiger partial charge >= 0.3 is 6.43 Å². The summed E-state index contributed by atoms with van der Waals surface area (Å²) in [6.07, 6.45) is 1.08. The average molecular weight is 395 g/mol. The Kier molecular flexibility index (Phi) is 5.57. The van der Waals surface area contributed by atoms with E-state index in [1.165, 1.54) is 24.5 Å². The highest BCUT2D eigenvalue weighted by Crippen LogP contribution is 2.48. The van der Waals surface area contributed by atoms with Crippen molar-refractivity contribution in [2.75, 3.05) is 5.32 Å². The Balaban J connectivity index is 0.00000109. The summed E-state index contributed by atoms with van der Waals surface area (Å²) in [5.74, 6) is -1.99. The molecule has 4 rings (SSSR count). The normalized spacial score (nSPS) is 14.4. The lowest BCUT2D eigenvalue weighted by Gasteiger charge is -2.18. The molecule has 0 spiro atoms. The number of hydrogen-bond acceptors (Lipinski definition) is 6. The molecule has 6 nitrogen and oxygen atoms in total. The first-order valence-corrected chi connectivity index (χ1v) is 8.64. The number of halogens is 4. The third-order valence-corrected chi connectivity index (χ3v) is 4.07. The van der Waals surface area contributed by atoms with E-state index in [1.807, 2.05) is 13.8 Å². The molecule has 0 radical (unpaired) electrons. The van der Waals surface area contributed by atoms with Gasteiger partial charge in [-0.1, -0.05) is 19.9 Å². The topological polar surface area (TPSA) is 76.7 Å². The summed E-state index contributed by atoms with van der Waals surface area (Å²) in [6.45, 7) is 4.00.